The Bertz CT molecular complexity index is 781. The van der Waals surface area contributed by atoms with Crippen molar-refractivity contribution in [1.82, 2.24) is 25.6 Å². The number of aromatic nitrogens is 5. The van der Waals surface area contributed by atoms with E-state index in [9.17, 15) is 4.79 Å². The first-order chi connectivity index (χ1) is 9.78. The summed E-state index contributed by atoms with van der Waals surface area (Å²) in [5, 5.41) is 14.2. The average molecular weight is 273 g/mol. The van der Waals surface area contributed by atoms with E-state index in [-0.39, 0.29) is 18.2 Å². The monoisotopic (exact) mass is 273 g/mol. The molecule has 0 unspecified atom stereocenters. The molecule has 3 aromatic rings. The van der Waals surface area contributed by atoms with E-state index in [0.717, 1.165) is 5.39 Å². The van der Waals surface area contributed by atoms with Gasteiger partial charge >= 0.3 is 0 Å². The smallest absolute Gasteiger partial charge is 0.259 e. The predicted octanol–water partition coefficient (Wildman–Crippen LogP) is 0.691. The maximum Gasteiger partial charge on any atom is 0.259 e. The summed E-state index contributed by atoms with van der Waals surface area (Å²) in [5.41, 5.74) is 0.770. The molecule has 1 aromatic carbocycles. The molecule has 0 spiro atoms. The SMILES string of the molecule is COCOc1ccc2[nH]c(=O)c(-c3nn[nH]n3)cc2c1. The molecule has 8 heteroatoms. The first kappa shape index (κ1) is 12.3. The van der Waals surface area contributed by atoms with Crippen molar-refractivity contribution in [3.8, 4) is 17.1 Å². The van der Waals surface area contributed by atoms with Crippen molar-refractivity contribution in [2.24, 2.45) is 0 Å². The molecule has 20 heavy (non-hydrogen) atoms. The lowest BCUT2D eigenvalue weighted by Gasteiger charge is -2.06. The molecule has 2 N–H and O–H groups in total. The van der Waals surface area contributed by atoms with E-state index in [1.807, 2.05) is 0 Å². The molecule has 0 radical (unpaired) electrons. The Morgan fingerprint density at radius 1 is 1.30 bits per heavy atom. The molecule has 0 saturated heterocycles. The highest BCUT2D eigenvalue weighted by molar-refractivity contribution is 5.83. The van der Waals surface area contributed by atoms with Gasteiger partial charge in [0.15, 0.2) is 6.79 Å². The highest BCUT2D eigenvalue weighted by atomic mass is 16.7. The van der Waals surface area contributed by atoms with E-state index in [4.69, 9.17) is 9.47 Å². The van der Waals surface area contributed by atoms with Crippen LogP contribution in [0.15, 0.2) is 29.1 Å². The Labute approximate surface area is 112 Å². The number of nitrogens with one attached hydrogen (secondary N) is 2. The molecule has 0 aliphatic heterocycles. The third-order valence-corrected chi connectivity index (χ3v) is 2.75. The summed E-state index contributed by atoms with van der Waals surface area (Å²) in [6.07, 6.45) is 0. The lowest BCUT2D eigenvalue weighted by molar-refractivity contribution is 0.0512. The Hall–Kier alpha value is -2.74. The Kier molecular flexibility index (Phi) is 3.13. The number of nitrogens with zero attached hydrogens (tertiary/aromatic N) is 3. The number of tetrazole rings is 1. The van der Waals surface area contributed by atoms with Crippen LogP contribution in [0.1, 0.15) is 0 Å². The highest BCUT2D eigenvalue weighted by Gasteiger charge is 2.10. The van der Waals surface area contributed by atoms with Crippen molar-refractivity contribution in [3.05, 3.63) is 34.6 Å². The number of benzene rings is 1. The first-order valence-electron chi connectivity index (χ1n) is 5.80. The minimum Gasteiger partial charge on any atom is -0.468 e. The zero-order chi connectivity index (χ0) is 13.9. The molecule has 0 bridgehead atoms. The van der Waals surface area contributed by atoms with Gasteiger partial charge in [0.25, 0.3) is 5.56 Å². The van der Waals surface area contributed by atoms with E-state index >= 15 is 0 Å². The number of pyridine rings is 1. The molecule has 2 aromatic heterocycles. The fourth-order valence-electron chi connectivity index (χ4n) is 1.84. The molecule has 0 amide bonds. The zero-order valence-corrected chi connectivity index (χ0v) is 10.6. The number of hydrogen-bond donors (Lipinski definition) is 2. The fourth-order valence-corrected chi connectivity index (χ4v) is 1.84. The molecular weight excluding hydrogens is 262 g/mol. The number of fused-ring (bicyclic) bond motifs is 1. The van der Waals surface area contributed by atoms with Crippen LogP contribution >= 0.6 is 0 Å². The van der Waals surface area contributed by atoms with Crippen molar-refractivity contribution in [3.63, 3.8) is 0 Å². The van der Waals surface area contributed by atoms with Crippen molar-refractivity contribution < 1.29 is 9.47 Å². The van der Waals surface area contributed by atoms with Crippen molar-refractivity contribution in [1.29, 1.82) is 0 Å². The second-order valence-corrected chi connectivity index (χ2v) is 4.05. The van der Waals surface area contributed by atoms with Gasteiger partial charge in [-0.05, 0) is 29.5 Å². The van der Waals surface area contributed by atoms with E-state index < -0.39 is 0 Å². The van der Waals surface area contributed by atoms with Gasteiger partial charge in [-0.2, -0.15) is 5.21 Å². The van der Waals surface area contributed by atoms with Gasteiger partial charge in [0.05, 0.1) is 5.56 Å². The largest absolute Gasteiger partial charge is 0.468 e. The molecule has 3 rings (SSSR count). The third kappa shape index (κ3) is 2.24. The third-order valence-electron chi connectivity index (χ3n) is 2.75. The van der Waals surface area contributed by atoms with Gasteiger partial charge in [-0.15, -0.1) is 10.2 Å². The van der Waals surface area contributed by atoms with Crippen LogP contribution in [0.2, 0.25) is 0 Å². The van der Waals surface area contributed by atoms with Crippen LogP contribution in [-0.4, -0.2) is 39.5 Å². The minimum atomic E-state index is -0.274. The van der Waals surface area contributed by atoms with E-state index in [1.54, 1.807) is 31.4 Å². The molecular formula is C12H11N5O3. The summed E-state index contributed by atoms with van der Waals surface area (Å²) in [6, 6.07) is 7.01. The minimum absolute atomic E-state index is 0.159. The second kappa shape index (κ2) is 5.10. The molecule has 0 fully saturated rings. The quantitative estimate of drug-likeness (QED) is 0.677. The van der Waals surface area contributed by atoms with Crippen LogP contribution < -0.4 is 10.3 Å². The zero-order valence-electron chi connectivity index (χ0n) is 10.6. The summed E-state index contributed by atoms with van der Waals surface area (Å²) in [5.74, 6) is 0.891. The lowest BCUT2D eigenvalue weighted by Crippen LogP contribution is -2.09. The van der Waals surface area contributed by atoms with Gasteiger partial charge < -0.3 is 14.5 Å². The van der Waals surface area contributed by atoms with Crippen LogP contribution in [-0.2, 0) is 4.74 Å². The van der Waals surface area contributed by atoms with Gasteiger partial charge in [0.2, 0.25) is 5.82 Å². The van der Waals surface area contributed by atoms with Crippen LogP contribution in [0, 0.1) is 0 Å². The van der Waals surface area contributed by atoms with Crippen molar-refractivity contribution in [2.75, 3.05) is 13.9 Å². The fraction of sp³-hybridized carbons (Fsp3) is 0.167. The summed E-state index contributed by atoms with van der Waals surface area (Å²) in [7, 11) is 1.55. The average Bonchev–Trinajstić information content (AvgIpc) is 2.98. The Balaban J connectivity index is 2.10. The van der Waals surface area contributed by atoms with Gasteiger partial charge in [-0.1, -0.05) is 0 Å². The van der Waals surface area contributed by atoms with Gasteiger partial charge in [0, 0.05) is 18.0 Å². The van der Waals surface area contributed by atoms with Crippen molar-refractivity contribution >= 4 is 10.9 Å². The number of H-pyrrole nitrogens is 2. The number of ether oxygens (including phenoxy) is 2. The Morgan fingerprint density at radius 2 is 2.20 bits per heavy atom. The normalized spacial score (nSPS) is 10.8. The number of hydrogen-bond acceptors (Lipinski definition) is 6. The molecule has 102 valence electrons. The number of aromatic amines is 2. The Morgan fingerprint density at radius 3 is 2.95 bits per heavy atom. The summed E-state index contributed by atoms with van der Waals surface area (Å²) in [4.78, 5) is 14.7. The topological polar surface area (TPSA) is 106 Å². The molecule has 0 saturated carbocycles. The molecule has 0 atom stereocenters. The van der Waals surface area contributed by atoms with E-state index in [0.29, 0.717) is 16.8 Å². The van der Waals surface area contributed by atoms with Crippen LogP contribution in [0.5, 0.6) is 5.75 Å². The molecule has 0 aliphatic rings. The van der Waals surface area contributed by atoms with Gasteiger partial charge in [0.1, 0.15) is 5.75 Å². The number of methoxy groups -OCH3 is 1. The van der Waals surface area contributed by atoms with Gasteiger partial charge in [-0.25, -0.2) is 0 Å². The lowest BCUT2D eigenvalue weighted by atomic mass is 10.1. The highest BCUT2D eigenvalue weighted by Crippen LogP contribution is 2.21. The summed E-state index contributed by atoms with van der Waals surface area (Å²) in [6.45, 7) is 0.159. The summed E-state index contributed by atoms with van der Waals surface area (Å²) >= 11 is 0. The van der Waals surface area contributed by atoms with E-state index in [1.165, 1.54) is 0 Å². The van der Waals surface area contributed by atoms with Crippen LogP contribution in [0.25, 0.3) is 22.3 Å². The van der Waals surface area contributed by atoms with Crippen LogP contribution in [0.3, 0.4) is 0 Å². The van der Waals surface area contributed by atoms with Crippen LogP contribution in [0.4, 0.5) is 0 Å². The summed E-state index contributed by atoms with van der Waals surface area (Å²) < 4.78 is 10.2. The second-order valence-electron chi connectivity index (χ2n) is 4.05. The molecule has 2 heterocycles. The van der Waals surface area contributed by atoms with Gasteiger partial charge in [-0.3, -0.25) is 4.79 Å². The standard InChI is InChI=1S/C12H11N5O3/c1-19-6-20-8-2-3-10-7(4-8)5-9(12(18)13-10)11-14-16-17-15-11/h2-5H,6H2,1H3,(H,13,18)(H,14,15,16,17). The van der Waals surface area contributed by atoms with Crippen molar-refractivity contribution in [2.45, 2.75) is 0 Å². The maximum absolute atomic E-state index is 12.0. The molecule has 8 nitrogen and oxygen atoms in total. The number of rotatable bonds is 4. The molecule has 0 aliphatic carbocycles. The van der Waals surface area contributed by atoms with E-state index in [2.05, 4.69) is 25.6 Å². The maximum atomic E-state index is 12.0. The predicted molar refractivity (Wildman–Crippen MR) is 70.2 cm³/mol. The first-order valence-corrected chi connectivity index (χ1v) is 5.80.